The van der Waals surface area contributed by atoms with Gasteiger partial charge in [-0.2, -0.15) is 0 Å². The Balaban J connectivity index is 0.00000261. The summed E-state index contributed by atoms with van der Waals surface area (Å²) in [6.45, 7) is 0. The number of aromatic nitrogens is 2. The monoisotopic (exact) mass is 450 g/mol. The Morgan fingerprint density at radius 2 is 1.81 bits per heavy atom. The van der Waals surface area contributed by atoms with Crippen molar-refractivity contribution in [2.75, 3.05) is 20.0 Å². The van der Waals surface area contributed by atoms with E-state index in [1.165, 1.54) is 18.9 Å². The van der Waals surface area contributed by atoms with E-state index in [0.29, 0.717) is 5.56 Å². The number of Topliss-reactive ketones (excluding diaryl/α,β-unsaturated/α-hetero) is 1. The van der Waals surface area contributed by atoms with Crippen LogP contribution >= 0.6 is 28.7 Å². The summed E-state index contributed by atoms with van der Waals surface area (Å²) in [5, 5.41) is 0.720. The third-order valence-corrected chi connectivity index (χ3v) is 5.04. The van der Waals surface area contributed by atoms with Crippen molar-refractivity contribution in [1.82, 2.24) is 9.55 Å². The molecule has 27 heavy (non-hydrogen) atoms. The number of methoxy groups -OCH3 is 2. The average molecular weight is 451 g/mol. The average Bonchev–Trinajstić information content (AvgIpc) is 3.00. The van der Waals surface area contributed by atoms with E-state index in [0.717, 1.165) is 21.9 Å². The van der Waals surface area contributed by atoms with Crippen LogP contribution in [-0.4, -0.2) is 41.3 Å². The van der Waals surface area contributed by atoms with Gasteiger partial charge in [0, 0.05) is 18.7 Å². The molecule has 0 saturated heterocycles. The van der Waals surface area contributed by atoms with Gasteiger partial charge in [0.05, 0.1) is 36.6 Å². The number of benzene rings is 2. The molecule has 1 heterocycles. The van der Waals surface area contributed by atoms with Gasteiger partial charge in [-0.3, -0.25) is 4.79 Å². The minimum atomic E-state index is -0.520. The third-order valence-electron chi connectivity index (χ3n) is 4.01. The number of carbonyl (C=O) groups is 2. The van der Waals surface area contributed by atoms with Gasteiger partial charge in [0.2, 0.25) is 0 Å². The number of hydrogen-bond donors (Lipinski definition) is 0. The van der Waals surface area contributed by atoms with Crippen molar-refractivity contribution in [3.63, 3.8) is 0 Å². The second kappa shape index (κ2) is 9.05. The van der Waals surface area contributed by atoms with Gasteiger partial charge in [-0.15, -0.1) is 17.0 Å². The first-order valence-corrected chi connectivity index (χ1v) is 8.87. The number of rotatable bonds is 6. The molecule has 0 unspecified atom stereocenters. The molecule has 0 saturated carbocycles. The van der Waals surface area contributed by atoms with Crippen LogP contribution in [0.4, 0.5) is 0 Å². The number of esters is 1. The normalized spacial score (nSPS) is 10.3. The molecule has 0 aliphatic carbocycles. The van der Waals surface area contributed by atoms with E-state index in [4.69, 9.17) is 9.47 Å². The lowest BCUT2D eigenvalue weighted by molar-refractivity contribution is 0.0597. The van der Waals surface area contributed by atoms with Crippen LogP contribution < -0.4 is 4.74 Å². The van der Waals surface area contributed by atoms with Gasteiger partial charge in [0.25, 0.3) is 0 Å². The van der Waals surface area contributed by atoms with Crippen molar-refractivity contribution in [1.29, 1.82) is 0 Å². The summed E-state index contributed by atoms with van der Waals surface area (Å²) in [6.07, 6.45) is 0. The van der Waals surface area contributed by atoms with E-state index >= 15 is 0 Å². The van der Waals surface area contributed by atoms with Gasteiger partial charge in [-0.1, -0.05) is 30.0 Å². The van der Waals surface area contributed by atoms with E-state index < -0.39 is 5.97 Å². The highest BCUT2D eigenvalue weighted by Gasteiger charge is 2.18. The number of thioether (sulfide) groups is 1. The number of halogens is 1. The second-order valence-corrected chi connectivity index (χ2v) is 6.50. The highest BCUT2D eigenvalue weighted by Crippen LogP contribution is 2.26. The van der Waals surface area contributed by atoms with Gasteiger partial charge >= 0.3 is 5.97 Å². The number of aryl methyl sites for hydroxylation is 1. The topological polar surface area (TPSA) is 70.4 Å². The highest BCUT2D eigenvalue weighted by molar-refractivity contribution is 8.93. The molecule has 8 heteroatoms. The highest BCUT2D eigenvalue weighted by atomic mass is 79.9. The molecular weight excluding hydrogens is 432 g/mol. The lowest BCUT2D eigenvalue weighted by Crippen LogP contribution is -2.12. The van der Waals surface area contributed by atoms with Crippen LogP contribution in [0.2, 0.25) is 0 Å². The molecule has 0 atom stereocenters. The largest absolute Gasteiger partial charge is 0.497 e. The molecule has 0 amide bonds. The first-order chi connectivity index (χ1) is 12.5. The second-order valence-electron chi connectivity index (χ2n) is 5.56. The molecule has 0 radical (unpaired) electrons. The molecule has 142 valence electrons. The Kier molecular flexibility index (Phi) is 7.04. The minimum absolute atomic E-state index is 0. The van der Waals surface area contributed by atoms with Crippen LogP contribution in [0.15, 0.2) is 47.6 Å². The number of imidazole rings is 1. The fraction of sp³-hybridized carbons (Fsp3) is 0.211. The molecule has 0 spiro atoms. The summed E-state index contributed by atoms with van der Waals surface area (Å²) in [4.78, 5) is 29.0. The molecule has 0 fully saturated rings. The van der Waals surface area contributed by atoms with Gasteiger partial charge in [0.1, 0.15) is 5.75 Å². The predicted octanol–water partition coefficient (Wildman–Crippen LogP) is 3.92. The van der Waals surface area contributed by atoms with Gasteiger partial charge in [0.15, 0.2) is 10.9 Å². The quantitative estimate of drug-likeness (QED) is 0.322. The van der Waals surface area contributed by atoms with Gasteiger partial charge in [-0.25, -0.2) is 9.78 Å². The van der Waals surface area contributed by atoms with Crippen molar-refractivity contribution in [3.05, 3.63) is 53.6 Å². The summed E-state index contributed by atoms with van der Waals surface area (Å²) >= 11 is 1.33. The molecule has 3 aromatic rings. The SMILES string of the molecule is Br.COC(=O)c1ccccc1C(=O)CSc1nc2cc(OC)ccc2n1C. The maximum Gasteiger partial charge on any atom is 0.338 e. The lowest BCUT2D eigenvalue weighted by Gasteiger charge is -2.07. The molecule has 0 aliphatic heterocycles. The maximum atomic E-state index is 12.6. The first-order valence-electron chi connectivity index (χ1n) is 7.89. The number of nitrogens with zero attached hydrogens (tertiary/aromatic N) is 2. The van der Waals surface area contributed by atoms with Crippen LogP contribution in [0.5, 0.6) is 5.75 Å². The zero-order valence-electron chi connectivity index (χ0n) is 15.1. The minimum Gasteiger partial charge on any atom is -0.497 e. The standard InChI is InChI=1S/C19H18N2O4S.BrH/c1-21-16-9-8-12(24-2)10-15(16)20-19(21)26-11-17(22)13-6-4-5-7-14(13)18(23)25-3;/h4-10H,11H2,1-3H3;1H. The Morgan fingerprint density at radius 3 is 2.48 bits per heavy atom. The lowest BCUT2D eigenvalue weighted by atomic mass is 10.0. The molecular formula is C19H19BrN2O4S. The zero-order chi connectivity index (χ0) is 18.7. The van der Waals surface area contributed by atoms with Crippen molar-refractivity contribution in [3.8, 4) is 5.75 Å². The maximum absolute atomic E-state index is 12.6. The van der Waals surface area contributed by atoms with Gasteiger partial charge < -0.3 is 14.0 Å². The Hall–Kier alpha value is -2.32. The van der Waals surface area contributed by atoms with Crippen molar-refractivity contribution in [2.24, 2.45) is 7.05 Å². The molecule has 1 aromatic heterocycles. The van der Waals surface area contributed by atoms with Crippen molar-refractivity contribution >= 4 is 51.5 Å². The molecule has 0 N–H and O–H groups in total. The number of carbonyl (C=O) groups excluding carboxylic acids is 2. The molecule has 0 bridgehead atoms. The predicted molar refractivity (Wildman–Crippen MR) is 110 cm³/mol. The van der Waals surface area contributed by atoms with E-state index in [9.17, 15) is 9.59 Å². The Bertz CT molecular complexity index is 987. The summed E-state index contributed by atoms with van der Waals surface area (Å²) in [7, 11) is 4.81. The van der Waals surface area contributed by atoms with Gasteiger partial charge in [-0.05, 0) is 18.2 Å². The number of ketones is 1. The Morgan fingerprint density at radius 1 is 1.11 bits per heavy atom. The van der Waals surface area contributed by atoms with Crippen molar-refractivity contribution in [2.45, 2.75) is 5.16 Å². The van der Waals surface area contributed by atoms with Crippen LogP contribution in [0, 0.1) is 0 Å². The van der Waals surface area contributed by atoms with Crippen LogP contribution in [-0.2, 0) is 11.8 Å². The molecule has 3 rings (SSSR count). The smallest absolute Gasteiger partial charge is 0.338 e. The molecule has 0 aliphatic rings. The molecule has 2 aromatic carbocycles. The fourth-order valence-electron chi connectivity index (χ4n) is 2.64. The fourth-order valence-corrected chi connectivity index (χ4v) is 3.51. The Labute approximate surface area is 171 Å². The first kappa shape index (κ1) is 21.0. The van der Waals surface area contributed by atoms with E-state index in [1.807, 2.05) is 29.8 Å². The summed E-state index contributed by atoms with van der Waals surface area (Å²) < 4.78 is 11.9. The van der Waals surface area contributed by atoms with E-state index in [1.54, 1.807) is 31.4 Å². The molecule has 6 nitrogen and oxygen atoms in total. The number of ether oxygens (including phenoxy) is 2. The zero-order valence-corrected chi connectivity index (χ0v) is 17.6. The van der Waals surface area contributed by atoms with Crippen molar-refractivity contribution < 1.29 is 19.1 Å². The third kappa shape index (κ3) is 4.33. The van der Waals surface area contributed by atoms with Crippen LogP contribution in [0.3, 0.4) is 0 Å². The summed E-state index contributed by atoms with van der Waals surface area (Å²) in [6, 6.07) is 12.3. The van der Waals surface area contributed by atoms with E-state index in [2.05, 4.69) is 4.98 Å². The van der Waals surface area contributed by atoms with Crippen LogP contribution in [0.1, 0.15) is 20.7 Å². The number of hydrogen-bond acceptors (Lipinski definition) is 6. The summed E-state index contributed by atoms with van der Waals surface area (Å²) in [5.41, 5.74) is 2.38. The van der Waals surface area contributed by atoms with Crippen LogP contribution in [0.25, 0.3) is 11.0 Å². The van der Waals surface area contributed by atoms with E-state index in [-0.39, 0.29) is 34.1 Å². The number of fused-ring (bicyclic) bond motifs is 1. The summed E-state index contributed by atoms with van der Waals surface area (Å²) in [5.74, 6) is 0.229.